The molecule has 6 nitrogen and oxygen atoms in total. The Balaban J connectivity index is 1.29. The Morgan fingerprint density at radius 3 is 2.34 bits per heavy atom. The van der Waals surface area contributed by atoms with Crippen molar-refractivity contribution in [3.05, 3.63) is 29.6 Å². The van der Waals surface area contributed by atoms with Crippen molar-refractivity contribution < 1.29 is 28.1 Å². The van der Waals surface area contributed by atoms with Crippen LogP contribution in [-0.4, -0.2) is 62.2 Å². The summed E-state index contributed by atoms with van der Waals surface area (Å²) in [6.07, 6.45) is 6.60. The summed E-state index contributed by atoms with van der Waals surface area (Å²) in [6.45, 7) is 10.1. The zero-order valence-corrected chi connectivity index (χ0v) is 21.4. The molecular formula is C28H40FNO5. The molecule has 4 bridgehead atoms. The summed E-state index contributed by atoms with van der Waals surface area (Å²) in [4.78, 5) is 14.9. The lowest BCUT2D eigenvalue weighted by molar-refractivity contribution is -0.249. The van der Waals surface area contributed by atoms with Crippen LogP contribution in [0.5, 0.6) is 5.75 Å². The van der Waals surface area contributed by atoms with Crippen LogP contribution in [0.2, 0.25) is 0 Å². The second-order valence-electron chi connectivity index (χ2n) is 12.2. The number of esters is 1. The number of hydrogen-bond acceptors (Lipinski definition) is 6. The fraction of sp³-hybridized carbons (Fsp3) is 0.750. The summed E-state index contributed by atoms with van der Waals surface area (Å²) in [5, 5.41) is 0. The van der Waals surface area contributed by atoms with E-state index >= 15 is 0 Å². The molecule has 1 aliphatic heterocycles. The average Bonchev–Trinajstić information content (AvgIpc) is 2.79. The van der Waals surface area contributed by atoms with Crippen molar-refractivity contribution in [1.29, 1.82) is 0 Å². The van der Waals surface area contributed by atoms with Crippen LogP contribution in [0.3, 0.4) is 0 Å². The number of benzene rings is 1. The summed E-state index contributed by atoms with van der Waals surface area (Å²) in [5.41, 5.74) is -0.229. The molecule has 4 saturated carbocycles. The summed E-state index contributed by atoms with van der Waals surface area (Å²) in [7, 11) is 0. The molecule has 5 fully saturated rings. The number of nitrogens with zero attached hydrogens (tertiary/aromatic N) is 1. The molecule has 1 aromatic carbocycles. The molecule has 5 aliphatic rings. The van der Waals surface area contributed by atoms with Crippen LogP contribution in [0, 0.1) is 29.0 Å². The Bertz CT molecular complexity index is 872. The maximum absolute atomic E-state index is 14.9. The quantitative estimate of drug-likeness (QED) is 0.376. The summed E-state index contributed by atoms with van der Waals surface area (Å²) >= 11 is 0. The van der Waals surface area contributed by atoms with Crippen LogP contribution in [0.15, 0.2) is 18.2 Å². The summed E-state index contributed by atoms with van der Waals surface area (Å²) in [5.74, 6) is 1.27. The Kier molecular flexibility index (Phi) is 7.12. The number of rotatable bonds is 8. The minimum atomic E-state index is -0.544. The summed E-state index contributed by atoms with van der Waals surface area (Å²) in [6, 6.07) is 4.23. The highest BCUT2D eigenvalue weighted by molar-refractivity contribution is 5.89. The third kappa shape index (κ3) is 5.83. The van der Waals surface area contributed by atoms with Crippen molar-refractivity contribution in [1.82, 2.24) is 4.90 Å². The number of ether oxygens (including phenoxy) is 4. The maximum Gasteiger partial charge on any atom is 0.338 e. The third-order valence-electron chi connectivity index (χ3n) is 8.19. The maximum atomic E-state index is 14.9. The van der Waals surface area contributed by atoms with E-state index in [1.165, 1.54) is 37.5 Å². The number of carbonyl (C=O) groups is 1. The van der Waals surface area contributed by atoms with Crippen molar-refractivity contribution in [3.63, 3.8) is 0 Å². The molecule has 0 radical (unpaired) electrons. The smallest absolute Gasteiger partial charge is 0.338 e. The Morgan fingerprint density at radius 1 is 1.11 bits per heavy atom. The number of halogens is 1. The second kappa shape index (κ2) is 9.98. The predicted octanol–water partition coefficient (Wildman–Crippen LogP) is 5.05. The van der Waals surface area contributed by atoms with Gasteiger partial charge in [-0.05, 0) is 95.2 Å². The second-order valence-corrected chi connectivity index (χ2v) is 12.2. The Hall–Kier alpha value is -1.70. The average molecular weight is 490 g/mol. The molecule has 0 aromatic heterocycles. The van der Waals surface area contributed by atoms with E-state index in [0.717, 1.165) is 32.4 Å². The molecule has 1 saturated heterocycles. The molecule has 6 rings (SSSR count). The van der Waals surface area contributed by atoms with Crippen LogP contribution in [0.25, 0.3) is 0 Å². The van der Waals surface area contributed by atoms with Gasteiger partial charge in [0.1, 0.15) is 6.61 Å². The molecule has 35 heavy (non-hydrogen) atoms. The molecule has 1 unspecified atom stereocenters. The van der Waals surface area contributed by atoms with Gasteiger partial charge in [-0.3, -0.25) is 4.90 Å². The normalized spacial score (nSPS) is 31.4. The van der Waals surface area contributed by atoms with E-state index < -0.39 is 23.7 Å². The van der Waals surface area contributed by atoms with E-state index in [1.54, 1.807) is 0 Å². The van der Waals surface area contributed by atoms with Crippen molar-refractivity contribution >= 4 is 5.97 Å². The van der Waals surface area contributed by atoms with Gasteiger partial charge in [-0.15, -0.1) is 0 Å². The first kappa shape index (κ1) is 25.0. The standard InChI is InChI=1S/C28H40FNO5/c1-27(2,3)35-26(28-16-19-12-20(17-28)14-21(13-19)18-28)34-24-15-22(4-5-23(24)29)25(31)33-11-8-30-6-9-32-10-7-30/h4-5,15,19-21,26H,6-14,16-18H2,1-3H3. The van der Waals surface area contributed by atoms with E-state index in [0.29, 0.717) is 43.1 Å². The zero-order chi connectivity index (χ0) is 24.6. The van der Waals surface area contributed by atoms with Gasteiger partial charge in [-0.2, -0.15) is 0 Å². The molecule has 7 heteroatoms. The molecule has 0 N–H and O–H groups in total. The highest BCUT2D eigenvalue weighted by Crippen LogP contribution is 2.62. The fourth-order valence-electron chi connectivity index (χ4n) is 7.07. The van der Waals surface area contributed by atoms with Gasteiger partial charge in [0.2, 0.25) is 6.29 Å². The minimum absolute atomic E-state index is 0.0672. The molecular weight excluding hydrogens is 449 g/mol. The summed E-state index contributed by atoms with van der Waals surface area (Å²) < 4.78 is 38.6. The fourth-order valence-corrected chi connectivity index (χ4v) is 7.07. The van der Waals surface area contributed by atoms with Gasteiger partial charge < -0.3 is 18.9 Å². The minimum Gasteiger partial charge on any atom is -0.461 e. The van der Waals surface area contributed by atoms with E-state index in [9.17, 15) is 9.18 Å². The molecule has 194 valence electrons. The number of carbonyl (C=O) groups excluding carboxylic acids is 1. The van der Waals surface area contributed by atoms with Gasteiger partial charge in [0, 0.05) is 25.0 Å². The predicted molar refractivity (Wildman–Crippen MR) is 130 cm³/mol. The zero-order valence-electron chi connectivity index (χ0n) is 21.4. The molecule has 1 atom stereocenters. The van der Waals surface area contributed by atoms with Crippen molar-refractivity contribution in [2.45, 2.75) is 71.2 Å². The lowest BCUT2D eigenvalue weighted by Gasteiger charge is -2.59. The largest absolute Gasteiger partial charge is 0.461 e. The highest BCUT2D eigenvalue weighted by Gasteiger charge is 2.56. The van der Waals surface area contributed by atoms with E-state index in [4.69, 9.17) is 18.9 Å². The van der Waals surface area contributed by atoms with Gasteiger partial charge in [0.15, 0.2) is 11.6 Å². The van der Waals surface area contributed by atoms with E-state index in [1.807, 2.05) is 20.8 Å². The SMILES string of the molecule is CC(C)(C)OC(Oc1cc(C(=O)OCCN2CCOCC2)ccc1F)C12CC3CC(CC(C3)C1)C2. The molecule has 1 heterocycles. The van der Waals surface area contributed by atoms with E-state index in [-0.39, 0.29) is 17.8 Å². The third-order valence-corrected chi connectivity index (χ3v) is 8.19. The first-order valence-electron chi connectivity index (χ1n) is 13.3. The Labute approximate surface area is 208 Å². The Morgan fingerprint density at radius 2 is 1.74 bits per heavy atom. The van der Waals surface area contributed by atoms with Crippen LogP contribution in [0.4, 0.5) is 4.39 Å². The number of morpholine rings is 1. The van der Waals surface area contributed by atoms with E-state index in [2.05, 4.69) is 4.90 Å². The van der Waals surface area contributed by atoms with Gasteiger partial charge in [0.25, 0.3) is 0 Å². The number of hydrogen-bond donors (Lipinski definition) is 0. The first-order valence-corrected chi connectivity index (χ1v) is 13.3. The molecule has 0 spiro atoms. The van der Waals surface area contributed by atoms with Gasteiger partial charge in [0.05, 0.1) is 24.4 Å². The van der Waals surface area contributed by atoms with Crippen LogP contribution in [0.1, 0.15) is 69.7 Å². The molecule has 4 aliphatic carbocycles. The van der Waals surface area contributed by atoms with Crippen LogP contribution >= 0.6 is 0 Å². The first-order chi connectivity index (χ1) is 16.7. The highest BCUT2D eigenvalue weighted by atomic mass is 19.1. The van der Waals surface area contributed by atoms with Gasteiger partial charge in [-0.1, -0.05) is 0 Å². The lowest BCUT2D eigenvalue weighted by Crippen LogP contribution is -2.55. The lowest BCUT2D eigenvalue weighted by atomic mass is 9.49. The topological polar surface area (TPSA) is 57.2 Å². The molecule has 1 aromatic rings. The van der Waals surface area contributed by atoms with Crippen molar-refractivity contribution in [2.24, 2.45) is 23.2 Å². The molecule has 0 amide bonds. The van der Waals surface area contributed by atoms with Gasteiger partial charge in [-0.25, -0.2) is 9.18 Å². The van der Waals surface area contributed by atoms with Crippen molar-refractivity contribution in [3.8, 4) is 5.75 Å². The van der Waals surface area contributed by atoms with Crippen molar-refractivity contribution in [2.75, 3.05) is 39.5 Å². The monoisotopic (exact) mass is 489 g/mol. The van der Waals surface area contributed by atoms with Gasteiger partial charge >= 0.3 is 5.97 Å². The van der Waals surface area contributed by atoms with Crippen LogP contribution < -0.4 is 4.74 Å². The van der Waals surface area contributed by atoms with Crippen LogP contribution in [-0.2, 0) is 14.2 Å².